The lowest BCUT2D eigenvalue weighted by atomic mass is 9.85. The monoisotopic (exact) mass is 384 g/mol. The molecule has 1 heterocycles. The first kappa shape index (κ1) is 23.9. The van der Waals surface area contributed by atoms with Crippen LogP contribution < -0.4 is 0 Å². The van der Waals surface area contributed by atoms with Gasteiger partial charge in [0.05, 0.1) is 5.60 Å². The van der Waals surface area contributed by atoms with Gasteiger partial charge in [0.2, 0.25) is 0 Å². The molecule has 0 amide bonds. The number of hydrogen-bond acceptors (Lipinski definition) is 5. The summed E-state index contributed by atoms with van der Waals surface area (Å²) in [6.07, 6.45) is 15.2. The Morgan fingerprint density at radius 3 is 1.59 bits per heavy atom. The van der Waals surface area contributed by atoms with Gasteiger partial charge in [0, 0.05) is 0 Å². The van der Waals surface area contributed by atoms with E-state index in [0.717, 1.165) is 51.4 Å². The lowest BCUT2D eigenvalue weighted by Crippen LogP contribution is -2.43. The maximum absolute atomic E-state index is 11.6. The van der Waals surface area contributed by atoms with Gasteiger partial charge in [-0.25, -0.2) is 0 Å². The predicted molar refractivity (Wildman–Crippen MR) is 106 cm³/mol. The summed E-state index contributed by atoms with van der Waals surface area (Å²) < 4.78 is 16.6. The second-order valence-electron chi connectivity index (χ2n) is 7.82. The maximum Gasteiger partial charge on any atom is 0.365 e. The zero-order valence-electron chi connectivity index (χ0n) is 17.7. The highest BCUT2D eigenvalue weighted by Gasteiger charge is 2.38. The van der Waals surface area contributed by atoms with Gasteiger partial charge in [-0.05, 0) is 19.3 Å². The molecule has 158 valence electrons. The van der Waals surface area contributed by atoms with E-state index >= 15 is 0 Å². The highest BCUT2D eigenvalue weighted by Crippen LogP contribution is 2.35. The van der Waals surface area contributed by atoms with E-state index in [-0.39, 0.29) is 12.0 Å². The minimum Gasteiger partial charge on any atom is -0.400 e. The first-order valence-electron chi connectivity index (χ1n) is 11.1. The van der Waals surface area contributed by atoms with Crippen LogP contribution in [0.1, 0.15) is 117 Å². The van der Waals surface area contributed by atoms with Crippen molar-refractivity contribution in [2.24, 2.45) is 0 Å². The average molecular weight is 385 g/mol. The number of esters is 2. The molecule has 0 aromatic rings. The molecule has 1 fully saturated rings. The van der Waals surface area contributed by atoms with Crippen LogP contribution in [0.2, 0.25) is 0 Å². The first-order valence-corrected chi connectivity index (χ1v) is 11.1. The van der Waals surface area contributed by atoms with E-state index in [1.54, 1.807) is 0 Å². The summed E-state index contributed by atoms with van der Waals surface area (Å²) in [5.74, 6) is -1.12. The van der Waals surface area contributed by atoms with E-state index in [1.807, 2.05) is 0 Å². The third-order valence-electron chi connectivity index (χ3n) is 5.30. The molecule has 0 aromatic carbocycles. The van der Waals surface area contributed by atoms with Gasteiger partial charge in [-0.1, -0.05) is 91.4 Å². The lowest BCUT2D eigenvalue weighted by Gasteiger charge is -2.37. The van der Waals surface area contributed by atoms with Crippen molar-refractivity contribution in [1.29, 1.82) is 0 Å². The molecular formula is C22H40O5. The van der Waals surface area contributed by atoms with Crippen LogP contribution in [0.3, 0.4) is 0 Å². The van der Waals surface area contributed by atoms with Crippen LogP contribution in [0.25, 0.3) is 0 Å². The molecule has 0 spiro atoms. The number of cyclic esters (lactones) is 2. The Morgan fingerprint density at radius 1 is 0.741 bits per heavy atom. The molecule has 27 heavy (non-hydrogen) atoms. The summed E-state index contributed by atoms with van der Waals surface area (Å²) in [4.78, 5) is 23.3. The molecule has 0 radical (unpaired) electrons. The molecule has 0 aliphatic carbocycles. The van der Waals surface area contributed by atoms with E-state index in [1.165, 1.54) is 38.5 Å². The van der Waals surface area contributed by atoms with Crippen molar-refractivity contribution in [1.82, 2.24) is 0 Å². The summed E-state index contributed by atoms with van der Waals surface area (Å²) in [5.41, 5.74) is -0.376. The van der Waals surface area contributed by atoms with Gasteiger partial charge in [0.15, 0.2) is 0 Å². The molecule has 5 heteroatoms. The second-order valence-corrected chi connectivity index (χ2v) is 7.82. The minimum absolute atomic E-state index is 0.324. The fourth-order valence-electron chi connectivity index (χ4n) is 3.69. The number of ether oxygens (including phenoxy) is 3. The Balaban J connectivity index is 2.80. The van der Waals surface area contributed by atoms with Gasteiger partial charge in [-0.2, -0.15) is 0 Å². The van der Waals surface area contributed by atoms with Gasteiger partial charge < -0.3 is 14.2 Å². The lowest BCUT2D eigenvalue weighted by molar-refractivity contribution is -0.314. The molecule has 1 aliphatic rings. The number of rotatable bonds is 16. The third kappa shape index (κ3) is 10.1. The standard InChI is InChI=1S/C22H40O5/c1-4-7-10-13-16-22(15-12-9-6-3,17-14-11-8-5-2)27-21-25-19(23)18-20(24)26-21/h21H,4-18H2,1-3H3. The molecular weight excluding hydrogens is 344 g/mol. The van der Waals surface area contributed by atoms with Crippen LogP contribution in [0.4, 0.5) is 0 Å². The summed E-state index contributed by atoms with van der Waals surface area (Å²) in [6, 6.07) is 0. The quantitative estimate of drug-likeness (QED) is 0.184. The zero-order valence-corrected chi connectivity index (χ0v) is 17.7. The number of carbonyl (C=O) groups excluding carboxylic acids is 2. The minimum atomic E-state index is -1.18. The predicted octanol–water partition coefficient (Wildman–Crippen LogP) is 6.04. The molecule has 1 aliphatic heterocycles. The Kier molecular flexibility index (Phi) is 12.4. The molecule has 5 nitrogen and oxygen atoms in total. The van der Waals surface area contributed by atoms with Gasteiger partial charge in [-0.3, -0.25) is 9.59 Å². The fourth-order valence-corrected chi connectivity index (χ4v) is 3.69. The van der Waals surface area contributed by atoms with Gasteiger partial charge >= 0.3 is 18.4 Å². The summed E-state index contributed by atoms with van der Waals surface area (Å²) >= 11 is 0. The molecule has 0 bridgehead atoms. The molecule has 0 aromatic heterocycles. The number of hydrogen-bond donors (Lipinski definition) is 0. The van der Waals surface area contributed by atoms with Crippen molar-refractivity contribution in [3.8, 4) is 0 Å². The van der Waals surface area contributed by atoms with Crippen LogP contribution in [-0.2, 0) is 23.8 Å². The van der Waals surface area contributed by atoms with E-state index in [9.17, 15) is 9.59 Å². The number of carbonyl (C=O) groups is 2. The van der Waals surface area contributed by atoms with Crippen molar-refractivity contribution < 1.29 is 23.8 Å². The van der Waals surface area contributed by atoms with Crippen LogP contribution in [0.15, 0.2) is 0 Å². The van der Waals surface area contributed by atoms with E-state index in [4.69, 9.17) is 14.2 Å². The summed E-state index contributed by atoms with van der Waals surface area (Å²) in [6.45, 7) is 5.42. The molecule has 1 rings (SSSR count). The van der Waals surface area contributed by atoms with Crippen molar-refractivity contribution in [2.45, 2.75) is 129 Å². The first-order chi connectivity index (χ1) is 13.0. The zero-order chi connectivity index (χ0) is 20.0. The summed E-state index contributed by atoms with van der Waals surface area (Å²) in [5, 5.41) is 0. The SMILES string of the molecule is CCCCCCC(CCCCC)(CCCCCC)OC1OC(=O)CC(=O)O1. The van der Waals surface area contributed by atoms with E-state index in [2.05, 4.69) is 20.8 Å². The maximum atomic E-state index is 11.6. The largest absolute Gasteiger partial charge is 0.400 e. The van der Waals surface area contributed by atoms with Crippen LogP contribution in [-0.4, -0.2) is 24.0 Å². The van der Waals surface area contributed by atoms with Crippen LogP contribution in [0, 0.1) is 0 Å². The highest BCUT2D eigenvalue weighted by atomic mass is 16.9. The highest BCUT2D eigenvalue weighted by molar-refractivity contribution is 5.92. The molecule has 0 atom stereocenters. The van der Waals surface area contributed by atoms with Gasteiger partial charge in [-0.15, -0.1) is 0 Å². The smallest absolute Gasteiger partial charge is 0.365 e. The Labute approximate surface area is 165 Å². The molecule has 1 saturated heterocycles. The Hall–Kier alpha value is -1.10. The van der Waals surface area contributed by atoms with Crippen molar-refractivity contribution in [2.75, 3.05) is 0 Å². The van der Waals surface area contributed by atoms with Crippen LogP contribution in [0.5, 0.6) is 0 Å². The molecule has 0 saturated carbocycles. The fraction of sp³-hybridized carbons (Fsp3) is 0.909. The van der Waals surface area contributed by atoms with Crippen molar-refractivity contribution >= 4 is 11.9 Å². The number of unbranched alkanes of at least 4 members (excludes halogenated alkanes) is 8. The van der Waals surface area contributed by atoms with Crippen molar-refractivity contribution in [3.05, 3.63) is 0 Å². The normalized spacial score (nSPS) is 15.7. The van der Waals surface area contributed by atoms with Crippen LogP contribution >= 0.6 is 0 Å². The Morgan fingerprint density at radius 2 is 1.15 bits per heavy atom. The summed E-state index contributed by atoms with van der Waals surface area (Å²) in [7, 11) is 0. The van der Waals surface area contributed by atoms with Gasteiger partial charge in [0.25, 0.3) is 0 Å². The van der Waals surface area contributed by atoms with E-state index in [0.29, 0.717) is 0 Å². The third-order valence-corrected chi connectivity index (χ3v) is 5.30. The van der Waals surface area contributed by atoms with E-state index < -0.39 is 18.4 Å². The average Bonchev–Trinajstić information content (AvgIpc) is 2.62. The van der Waals surface area contributed by atoms with Crippen molar-refractivity contribution in [3.63, 3.8) is 0 Å². The van der Waals surface area contributed by atoms with Gasteiger partial charge in [0.1, 0.15) is 6.42 Å². The topological polar surface area (TPSA) is 61.8 Å². The second kappa shape index (κ2) is 14.0. The molecule has 0 unspecified atom stereocenters. The Bertz CT molecular complexity index is 393. The molecule has 0 N–H and O–H groups in total.